The highest BCUT2D eigenvalue weighted by Crippen LogP contribution is 2.36. The zero-order chi connectivity index (χ0) is 22.7. The molecule has 0 bridgehead atoms. The maximum Gasteiger partial charge on any atom is 0.416 e. The molecule has 0 aliphatic heterocycles. The molecule has 0 aliphatic carbocycles. The molecular formula is C19H14BrF6NO3. The quantitative estimate of drug-likeness (QED) is 0.467. The molecule has 2 aromatic carbocycles. The molecule has 162 valence electrons. The van der Waals surface area contributed by atoms with Crippen molar-refractivity contribution >= 4 is 27.8 Å². The van der Waals surface area contributed by atoms with Gasteiger partial charge in [-0.05, 0) is 29.8 Å². The maximum absolute atomic E-state index is 13.0. The van der Waals surface area contributed by atoms with Crippen molar-refractivity contribution in [2.45, 2.75) is 24.8 Å². The van der Waals surface area contributed by atoms with Crippen LogP contribution in [-0.4, -0.2) is 25.0 Å². The summed E-state index contributed by atoms with van der Waals surface area (Å²) >= 11 is 3.25. The van der Waals surface area contributed by atoms with Gasteiger partial charge in [-0.2, -0.15) is 26.3 Å². The molecule has 30 heavy (non-hydrogen) atoms. The minimum atomic E-state index is -5.10. The molecule has 2 aromatic rings. The van der Waals surface area contributed by atoms with Gasteiger partial charge in [-0.25, -0.2) is 4.79 Å². The van der Waals surface area contributed by atoms with Crippen LogP contribution in [0.4, 0.5) is 26.3 Å². The van der Waals surface area contributed by atoms with Crippen LogP contribution in [0.2, 0.25) is 0 Å². The number of esters is 1. The smallest absolute Gasteiger partial charge is 0.416 e. The van der Waals surface area contributed by atoms with Crippen LogP contribution in [0.1, 0.15) is 27.0 Å². The molecule has 1 atom stereocenters. The van der Waals surface area contributed by atoms with E-state index in [1.54, 1.807) is 24.3 Å². The standard InChI is InChI=1S/C19H14BrF6NO3/c1-30-17(29)15(8-10-4-2-3-5-14(10)20)27-16(28)11-6-12(18(21,22)23)9-13(7-11)19(24,25)26/h2-7,9,15H,8H2,1H3,(H,27,28)/t15-/m1/s1. The van der Waals surface area contributed by atoms with Crippen LogP contribution in [0.15, 0.2) is 46.9 Å². The Morgan fingerprint density at radius 2 is 1.53 bits per heavy atom. The Morgan fingerprint density at radius 3 is 2.00 bits per heavy atom. The molecule has 0 saturated carbocycles. The summed E-state index contributed by atoms with van der Waals surface area (Å²) < 4.78 is 83.2. The molecule has 2 rings (SSSR count). The molecule has 1 N–H and O–H groups in total. The predicted molar refractivity (Wildman–Crippen MR) is 97.6 cm³/mol. The van der Waals surface area contributed by atoms with Crippen LogP contribution in [0.3, 0.4) is 0 Å². The van der Waals surface area contributed by atoms with Crippen LogP contribution >= 0.6 is 15.9 Å². The number of halogens is 7. The molecular weight excluding hydrogens is 484 g/mol. The van der Waals surface area contributed by atoms with E-state index in [2.05, 4.69) is 26.0 Å². The summed E-state index contributed by atoms with van der Waals surface area (Å²) in [5.74, 6) is -2.20. The zero-order valence-electron chi connectivity index (χ0n) is 15.2. The predicted octanol–water partition coefficient (Wildman–Crippen LogP) is 5.00. The molecule has 0 fully saturated rings. The summed E-state index contributed by atoms with van der Waals surface area (Å²) in [7, 11) is 1.04. The summed E-state index contributed by atoms with van der Waals surface area (Å²) in [6, 6.07) is 5.78. The van der Waals surface area contributed by atoms with Crippen molar-refractivity contribution < 1.29 is 40.7 Å². The highest BCUT2D eigenvalue weighted by atomic mass is 79.9. The summed E-state index contributed by atoms with van der Waals surface area (Å²) in [6.07, 6.45) is -10.3. The van der Waals surface area contributed by atoms with Crippen LogP contribution in [0.25, 0.3) is 0 Å². The molecule has 0 saturated heterocycles. The van der Waals surface area contributed by atoms with Gasteiger partial charge in [0.1, 0.15) is 6.04 Å². The third-order valence-electron chi connectivity index (χ3n) is 4.02. The van der Waals surface area contributed by atoms with Gasteiger partial charge in [-0.3, -0.25) is 4.79 Å². The van der Waals surface area contributed by atoms with Gasteiger partial charge in [0.25, 0.3) is 5.91 Å². The number of carbonyl (C=O) groups excluding carboxylic acids is 2. The number of methoxy groups -OCH3 is 1. The molecule has 4 nitrogen and oxygen atoms in total. The fourth-order valence-corrected chi connectivity index (χ4v) is 2.99. The van der Waals surface area contributed by atoms with Crippen LogP contribution in [0, 0.1) is 0 Å². The topological polar surface area (TPSA) is 55.4 Å². The lowest BCUT2D eigenvalue weighted by molar-refractivity contribution is -0.144. The monoisotopic (exact) mass is 497 g/mol. The molecule has 0 aliphatic rings. The van der Waals surface area contributed by atoms with E-state index in [1.807, 2.05) is 0 Å². The van der Waals surface area contributed by atoms with Crippen LogP contribution in [0.5, 0.6) is 0 Å². The molecule has 0 aromatic heterocycles. The summed E-state index contributed by atoms with van der Waals surface area (Å²) in [5, 5.41) is 2.15. The number of hydrogen-bond acceptors (Lipinski definition) is 3. The third-order valence-corrected chi connectivity index (χ3v) is 4.80. The van der Waals surface area contributed by atoms with E-state index >= 15 is 0 Å². The van der Waals surface area contributed by atoms with Gasteiger partial charge in [0.15, 0.2) is 0 Å². The van der Waals surface area contributed by atoms with Crippen molar-refractivity contribution in [2.24, 2.45) is 0 Å². The van der Waals surface area contributed by atoms with E-state index in [-0.39, 0.29) is 24.6 Å². The van der Waals surface area contributed by atoms with Crippen molar-refractivity contribution in [1.82, 2.24) is 5.32 Å². The second-order valence-electron chi connectivity index (χ2n) is 6.14. The molecule has 0 unspecified atom stereocenters. The van der Waals surface area contributed by atoms with E-state index in [1.165, 1.54) is 0 Å². The first kappa shape index (κ1) is 23.7. The number of rotatable bonds is 5. The first-order chi connectivity index (χ1) is 13.8. The van der Waals surface area contributed by atoms with Gasteiger partial charge in [0, 0.05) is 16.5 Å². The number of benzene rings is 2. The van der Waals surface area contributed by atoms with E-state index < -0.39 is 47.0 Å². The third kappa shape index (κ3) is 5.97. The average Bonchev–Trinajstić information content (AvgIpc) is 2.66. The van der Waals surface area contributed by atoms with Crippen molar-refractivity contribution in [1.29, 1.82) is 0 Å². The number of ether oxygens (including phenoxy) is 1. The van der Waals surface area contributed by atoms with Gasteiger partial charge in [-0.15, -0.1) is 0 Å². The molecule has 0 spiro atoms. The van der Waals surface area contributed by atoms with E-state index in [9.17, 15) is 35.9 Å². The van der Waals surface area contributed by atoms with Gasteiger partial charge in [-0.1, -0.05) is 34.1 Å². The lowest BCUT2D eigenvalue weighted by Crippen LogP contribution is -2.43. The molecule has 0 heterocycles. The number of carbonyl (C=O) groups is 2. The highest BCUT2D eigenvalue weighted by Gasteiger charge is 2.38. The summed E-state index contributed by atoms with van der Waals surface area (Å²) in [5.41, 5.74) is -3.60. The minimum Gasteiger partial charge on any atom is -0.467 e. The SMILES string of the molecule is COC(=O)[C@@H](Cc1ccccc1Br)NC(=O)c1cc(C(F)(F)F)cc(C(F)(F)F)c1. The number of amides is 1. The lowest BCUT2D eigenvalue weighted by atomic mass is 10.0. The minimum absolute atomic E-state index is 0.0876. The number of hydrogen-bond donors (Lipinski definition) is 1. The van der Waals surface area contributed by atoms with E-state index in [0.717, 1.165) is 7.11 Å². The Hall–Kier alpha value is -2.56. The largest absolute Gasteiger partial charge is 0.467 e. The lowest BCUT2D eigenvalue weighted by Gasteiger charge is -2.19. The van der Waals surface area contributed by atoms with Gasteiger partial charge < -0.3 is 10.1 Å². The Kier molecular flexibility index (Phi) is 7.17. The van der Waals surface area contributed by atoms with Crippen LogP contribution in [-0.2, 0) is 28.3 Å². The summed E-state index contributed by atoms with van der Waals surface area (Å²) in [4.78, 5) is 24.5. The van der Waals surface area contributed by atoms with Crippen molar-refractivity contribution in [3.8, 4) is 0 Å². The van der Waals surface area contributed by atoms with Crippen molar-refractivity contribution in [3.05, 3.63) is 69.2 Å². The maximum atomic E-state index is 13.0. The van der Waals surface area contributed by atoms with E-state index in [4.69, 9.17) is 0 Å². The Balaban J connectivity index is 2.39. The normalized spacial score (nSPS) is 12.9. The number of alkyl halides is 6. The Bertz CT molecular complexity index is 910. The Morgan fingerprint density at radius 1 is 1.00 bits per heavy atom. The first-order valence-corrected chi connectivity index (χ1v) is 9.04. The average molecular weight is 498 g/mol. The zero-order valence-corrected chi connectivity index (χ0v) is 16.8. The second kappa shape index (κ2) is 9.07. The van der Waals surface area contributed by atoms with Crippen molar-refractivity contribution in [2.75, 3.05) is 7.11 Å². The highest BCUT2D eigenvalue weighted by molar-refractivity contribution is 9.10. The van der Waals surface area contributed by atoms with Crippen LogP contribution < -0.4 is 5.32 Å². The fourth-order valence-electron chi connectivity index (χ4n) is 2.55. The molecule has 11 heteroatoms. The molecule has 1 amide bonds. The second-order valence-corrected chi connectivity index (χ2v) is 6.99. The van der Waals surface area contributed by atoms with Gasteiger partial charge >= 0.3 is 18.3 Å². The molecule has 0 radical (unpaired) electrons. The van der Waals surface area contributed by atoms with E-state index in [0.29, 0.717) is 10.0 Å². The Labute approximate surface area is 175 Å². The van der Waals surface area contributed by atoms with Crippen molar-refractivity contribution in [3.63, 3.8) is 0 Å². The van der Waals surface area contributed by atoms with Gasteiger partial charge in [0.2, 0.25) is 0 Å². The summed E-state index contributed by atoms with van der Waals surface area (Å²) in [6.45, 7) is 0. The number of nitrogens with one attached hydrogen (secondary N) is 1. The van der Waals surface area contributed by atoms with Gasteiger partial charge in [0.05, 0.1) is 18.2 Å². The first-order valence-electron chi connectivity index (χ1n) is 8.24. The fraction of sp³-hybridized carbons (Fsp3) is 0.263.